The summed E-state index contributed by atoms with van der Waals surface area (Å²) in [6.07, 6.45) is -7.38. The molecule has 0 radical (unpaired) electrons. The second kappa shape index (κ2) is 9.44. The van der Waals surface area contributed by atoms with E-state index in [-0.39, 0.29) is 18.6 Å². The molecule has 1 heterocycles. The van der Waals surface area contributed by atoms with Crippen molar-refractivity contribution in [2.24, 2.45) is 0 Å². The molecule has 0 aliphatic carbocycles. The predicted octanol–water partition coefficient (Wildman–Crippen LogP) is -1.16. The number of ketones is 1. The summed E-state index contributed by atoms with van der Waals surface area (Å²) in [6, 6.07) is 0. The number of aliphatic hydroxyl groups is 2. The van der Waals surface area contributed by atoms with E-state index in [4.69, 9.17) is 18.9 Å². The van der Waals surface area contributed by atoms with Crippen molar-refractivity contribution >= 4 is 23.7 Å². The van der Waals surface area contributed by atoms with E-state index < -0.39 is 55.2 Å². The molecule has 10 nitrogen and oxygen atoms in total. The summed E-state index contributed by atoms with van der Waals surface area (Å²) in [5, 5.41) is 20.2. The maximum Gasteiger partial charge on any atom is 0.306 e. The molecule has 0 saturated carbocycles. The summed E-state index contributed by atoms with van der Waals surface area (Å²) in [7, 11) is 0. The molecule has 0 amide bonds. The fourth-order valence-corrected chi connectivity index (χ4v) is 2.21. The van der Waals surface area contributed by atoms with Crippen LogP contribution in [0.15, 0.2) is 0 Å². The van der Waals surface area contributed by atoms with Gasteiger partial charge in [-0.2, -0.15) is 0 Å². The van der Waals surface area contributed by atoms with Gasteiger partial charge in [0, 0.05) is 20.3 Å². The van der Waals surface area contributed by atoms with Crippen molar-refractivity contribution in [3.63, 3.8) is 0 Å². The van der Waals surface area contributed by atoms with Crippen molar-refractivity contribution in [1.29, 1.82) is 0 Å². The second-order valence-electron chi connectivity index (χ2n) is 5.59. The summed E-state index contributed by atoms with van der Waals surface area (Å²) in [6.45, 7) is 3.04. The largest absolute Gasteiger partial charge is 0.463 e. The van der Waals surface area contributed by atoms with Crippen LogP contribution in [0.4, 0.5) is 0 Å². The lowest BCUT2D eigenvalue weighted by atomic mass is 9.98. The van der Waals surface area contributed by atoms with Crippen molar-refractivity contribution in [2.75, 3.05) is 6.61 Å². The van der Waals surface area contributed by atoms with Gasteiger partial charge in [-0.15, -0.1) is 0 Å². The first-order valence-corrected chi connectivity index (χ1v) is 7.63. The molecule has 0 unspecified atom stereocenters. The number of rotatable bonds is 7. The van der Waals surface area contributed by atoms with Gasteiger partial charge in [-0.25, -0.2) is 0 Å². The monoisotopic (exact) mass is 362 g/mol. The fourth-order valence-electron chi connectivity index (χ4n) is 2.21. The van der Waals surface area contributed by atoms with Crippen molar-refractivity contribution in [3.8, 4) is 0 Å². The third-order valence-electron chi connectivity index (χ3n) is 3.33. The van der Waals surface area contributed by atoms with E-state index in [1.165, 1.54) is 6.92 Å². The number of hydrogen-bond acceptors (Lipinski definition) is 10. The van der Waals surface area contributed by atoms with Gasteiger partial charge in [0.15, 0.2) is 18.5 Å². The Hall–Kier alpha value is -2.04. The van der Waals surface area contributed by atoms with Crippen LogP contribution in [0.1, 0.15) is 33.6 Å². The van der Waals surface area contributed by atoms with E-state index in [1.54, 1.807) is 0 Å². The van der Waals surface area contributed by atoms with E-state index in [0.717, 1.165) is 13.8 Å². The average molecular weight is 362 g/mol. The highest BCUT2D eigenvalue weighted by molar-refractivity contribution is 5.80. The summed E-state index contributed by atoms with van der Waals surface area (Å²) in [5.74, 6) is -2.41. The first kappa shape index (κ1) is 21.0. The first-order chi connectivity index (χ1) is 11.6. The molecule has 142 valence electrons. The van der Waals surface area contributed by atoms with Crippen LogP contribution in [0.3, 0.4) is 0 Å². The second-order valence-corrected chi connectivity index (χ2v) is 5.59. The molecule has 1 aliphatic heterocycles. The summed E-state index contributed by atoms with van der Waals surface area (Å²) in [4.78, 5) is 44.7. The quantitative estimate of drug-likeness (QED) is 0.420. The van der Waals surface area contributed by atoms with Crippen LogP contribution in [-0.4, -0.2) is 71.2 Å². The minimum atomic E-state index is -1.70. The minimum absolute atomic E-state index is 0.0140. The van der Waals surface area contributed by atoms with Gasteiger partial charge >= 0.3 is 17.9 Å². The molecule has 0 aromatic heterocycles. The van der Waals surface area contributed by atoms with Crippen LogP contribution in [0.2, 0.25) is 0 Å². The Kier molecular flexibility index (Phi) is 7.94. The number of carbonyl (C=O) groups excluding carboxylic acids is 4. The van der Waals surface area contributed by atoms with E-state index >= 15 is 0 Å². The molecule has 1 rings (SSSR count). The lowest BCUT2D eigenvalue weighted by molar-refractivity contribution is -0.293. The number of aliphatic hydroxyl groups excluding tert-OH is 2. The Bertz CT molecular complexity index is 516. The molecule has 0 aromatic rings. The van der Waals surface area contributed by atoms with Gasteiger partial charge in [-0.3, -0.25) is 14.4 Å². The molecule has 0 aromatic carbocycles. The highest BCUT2D eigenvalue weighted by Gasteiger charge is 2.49. The fraction of sp³-hybridized carbons (Fsp3) is 0.733. The van der Waals surface area contributed by atoms with Crippen LogP contribution in [0.5, 0.6) is 0 Å². The Morgan fingerprint density at radius 3 is 2.00 bits per heavy atom. The van der Waals surface area contributed by atoms with E-state index in [0.29, 0.717) is 0 Å². The normalized spacial score (nSPS) is 28.8. The number of Topliss-reactive ketones (excluding diaryl/α,β-unsaturated/α-hetero) is 1. The SMILES string of the molecule is CC(=O)CCC(=O)OC[C@H]1O[C@@H](O)[C@H](OC(C)=O)[C@@H](OC(C)=O)[C@@H]1O. The van der Waals surface area contributed by atoms with Gasteiger partial charge < -0.3 is 34.0 Å². The van der Waals surface area contributed by atoms with Crippen LogP contribution in [0.25, 0.3) is 0 Å². The van der Waals surface area contributed by atoms with Crippen LogP contribution in [0, 0.1) is 0 Å². The first-order valence-electron chi connectivity index (χ1n) is 7.63. The molecule has 1 aliphatic rings. The third-order valence-corrected chi connectivity index (χ3v) is 3.33. The smallest absolute Gasteiger partial charge is 0.306 e. The van der Waals surface area contributed by atoms with Crippen molar-refractivity contribution in [3.05, 3.63) is 0 Å². The van der Waals surface area contributed by atoms with Gasteiger partial charge in [0.25, 0.3) is 0 Å². The maximum atomic E-state index is 11.5. The van der Waals surface area contributed by atoms with Gasteiger partial charge in [0.1, 0.15) is 24.6 Å². The molecular formula is C15H22O10. The molecular weight excluding hydrogens is 340 g/mol. The van der Waals surface area contributed by atoms with Crippen molar-refractivity contribution in [1.82, 2.24) is 0 Å². The van der Waals surface area contributed by atoms with Gasteiger partial charge in [0.05, 0.1) is 6.42 Å². The van der Waals surface area contributed by atoms with Crippen molar-refractivity contribution < 1.29 is 48.3 Å². The van der Waals surface area contributed by atoms with Gasteiger partial charge in [0.2, 0.25) is 0 Å². The zero-order valence-electron chi connectivity index (χ0n) is 14.2. The highest BCUT2D eigenvalue weighted by atomic mass is 16.7. The topological polar surface area (TPSA) is 146 Å². The Labute approximate surface area is 144 Å². The highest BCUT2D eigenvalue weighted by Crippen LogP contribution is 2.25. The molecule has 1 fully saturated rings. The van der Waals surface area contributed by atoms with E-state index in [9.17, 15) is 29.4 Å². The Balaban J connectivity index is 2.73. The number of esters is 3. The lowest BCUT2D eigenvalue weighted by Gasteiger charge is -2.41. The zero-order chi connectivity index (χ0) is 19.1. The summed E-state index contributed by atoms with van der Waals surface area (Å²) < 4.78 is 19.7. The number of ether oxygens (including phenoxy) is 4. The van der Waals surface area contributed by atoms with Gasteiger partial charge in [-0.1, -0.05) is 0 Å². The number of hydrogen-bond donors (Lipinski definition) is 2. The summed E-state index contributed by atoms with van der Waals surface area (Å²) >= 11 is 0. The Morgan fingerprint density at radius 2 is 1.48 bits per heavy atom. The molecule has 0 bridgehead atoms. The van der Waals surface area contributed by atoms with Crippen LogP contribution < -0.4 is 0 Å². The third kappa shape index (κ3) is 6.77. The van der Waals surface area contributed by atoms with E-state index in [2.05, 4.69) is 0 Å². The van der Waals surface area contributed by atoms with Gasteiger partial charge in [-0.05, 0) is 6.92 Å². The lowest BCUT2D eigenvalue weighted by Crippen LogP contribution is -2.61. The zero-order valence-corrected chi connectivity index (χ0v) is 14.2. The molecule has 0 spiro atoms. The van der Waals surface area contributed by atoms with E-state index in [1.807, 2.05) is 0 Å². The number of carbonyl (C=O) groups is 4. The summed E-state index contributed by atoms with van der Waals surface area (Å²) in [5.41, 5.74) is 0. The molecule has 25 heavy (non-hydrogen) atoms. The molecule has 5 atom stereocenters. The standard InChI is InChI=1S/C15H22O10/c1-7(16)4-5-11(19)22-6-10-12(20)13(23-8(2)17)14(15(21)25-10)24-9(3)18/h10,12-15,20-21H,4-6H2,1-3H3/t10-,12-,13+,14-,15-/m1/s1. The van der Waals surface area contributed by atoms with Crippen LogP contribution >= 0.6 is 0 Å². The van der Waals surface area contributed by atoms with Crippen LogP contribution in [-0.2, 0) is 38.1 Å². The maximum absolute atomic E-state index is 11.5. The Morgan fingerprint density at radius 1 is 0.920 bits per heavy atom. The molecule has 1 saturated heterocycles. The average Bonchev–Trinajstić information content (AvgIpc) is 2.50. The minimum Gasteiger partial charge on any atom is -0.463 e. The predicted molar refractivity (Wildman–Crippen MR) is 78.9 cm³/mol. The molecule has 2 N–H and O–H groups in total. The van der Waals surface area contributed by atoms with Crippen molar-refractivity contribution in [2.45, 2.75) is 64.3 Å². The molecule has 10 heteroatoms.